The van der Waals surface area contributed by atoms with Gasteiger partial charge in [0.05, 0.1) is 11.6 Å². The van der Waals surface area contributed by atoms with Crippen LogP contribution in [0.2, 0.25) is 0 Å². The maximum Gasteiger partial charge on any atom is 0.255 e. The second kappa shape index (κ2) is 17.3. The summed E-state index contributed by atoms with van der Waals surface area (Å²) in [6.45, 7) is 14.2. The van der Waals surface area contributed by atoms with E-state index in [0.717, 1.165) is 13.0 Å². The first-order chi connectivity index (χ1) is 21.8. The number of ether oxygens (including phenoxy) is 1. The number of nitrogens with one attached hydrogen (secondary N) is 4. The molecule has 46 heavy (non-hydrogen) atoms. The zero-order valence-corrected chi connectivity index (χ0v) is 28.6. The molecular weight excluding hydrogens is 588 g/mol. The lowest BCUT2D eigenvalue weighted by Crippen LogP contribution is -2.58. The zero-order valence-electron chi connectivity index (χ0n) is 28.6. The second-order valence-electron chi connectivity index (χ2n) is 13.7. The minimum atomic E-state index is -0.959. The van der Waals surface area contributed by atoms with E-state index in [1.165, 1.54) is 0 Å². The predicted molar refractivity (Wildman–Crippen MR) is 176 cm³/mol. The molecule has 1 saturated heterocycles. The number of nitrogens with zero attached hydrogens (tertiary/aromatic N) is 2. The number of amides is 5. The second-order valence-corrected chi connectivity index (χ2v) is 13.7. The number of para-hydroxylation sites is 1. The third-order valence-electron chi connectivity index (χ3n) is 8.58. The first kappa shape index (κ1) is 36.8. The highest BCUT2D eigenvalue weighted by atomic mass is 16.5. The number of likely N-dealkylation sites (N-methyl/N-ethyl adjacent to an activating group) is 1. The molecule has 0 aromatic heterocycles. The van der Waals surface area contributed by atoms with Gasteiger partial charge in [-0.3, -0.25) is 24.0 Å². The molecule has 1 aromatic rings. The van der Waals surface area contributed by atoms with Gasteiger partial charge in [-0.05, 0) is 62.7 Å². The molecular formula is C34H54N6O6. The molecule has 3 rings (SSSR count). The van der Waals surface area contributed by atoms with Crippen molar-refractivity contribution in [3.05, 3.63) is 29.8 Å². The van der Waals surface area contributed by atoms with E-state index in [1.807, 2.05) is 48.6 Å². The first-order valence-electron chi connectivity index (χ1n) is 16.7. The summed E-state index contributed by atoms with van der Waals surface area (Å²) in [7, 11) is 2.01. The number of hydrogen-bond acceptors (Lipinski definition) is 7. The van der Waals surface area contributed by atoms with Crippen LogP contribution in [0.25, 0.3) is 0 Å². The van der Waals surface area contributed by atoms with Crippen LogP contribution in [0.4, 0.5) is 0 Å². The van der Waals surface area contributed by atoms with E-state index in [2.05, 4.69) is 26.2 Å². The molecule has 0 saturated carbocycles. The largest absolute Gasteiger partial charge is 0.491 e. The minimum Gasteiger partial charge on any atom is -0.491 e. The molecule has 1 fully saturated rings. The Balaban J connectivity index is 1.98. The monoisotopic (exact) mass is 642 g/mol. The summed E-state index contributed by atoms with van der Waals surface area (Å²) in [5.41, 5.74) is 0.250. The molecule has 0 spiro atoms. The fraction of sp³-hybridized carbons (Fsp3) is 0.676. The number of rotatable bonds is 5. The highest BCUT2D eigenvalue weighted by Gasteiger charge is 2.33. The smallest absolute Gasteiger partial charge is 0.255 e. The van der Waals surface area contributed by atoms with Crippen molar-refractivity contribution < 1.29 is 28.7 Å². The average Bonchev–Trinajstić information content (AvgIpc) is 3.22. The Labute approximate surface area is 273 Å². The van der Waals surface area contributed by atoms with Crippen molar-refractivity contribution in [2.24, 2.45) is 17.8 Å². The summed E-state index contributed by atoms with van der Waals surface area (Å²) >= 11 is 0. The lowest BCUT2D eigenvalue weighted by atomic mass is 9.98. The molecule has 0 unspecified atom stereocenters. The van der Waals surface area contributed by atoms with E-state index in [9.17, 15) is 24.0 Å². The van der Waals surface area contributed by atoms with Crippen molar-refractivity contribution in [1.82, 2.24) is 31.1 Å². The van der Waals surface area contributed by atoms with Crippen LogP contribution in [-0.2, 0) is 19.2 Å². The SMILES string of the molecule is CC(C)C[C@H]1NC(=O)CC[C@@H](C(=O)N2CCCN(C)CC2)NC(=O)c2ccccc2OC[C@@H](C(C)C)NC(=O)[C@H](C(C)C)NC1=O. The van der Waals surface area contributed by atoms with E-state index in [4.69, 9.17) is 4.74 Å². The van der Waals surface area contributed by atoms with Gasteiger partial charge in [-0.2, -0.15) is 0 Å². The van der Waals surface area contributed by atoms with Crippen LogP contribution < -0.4 is 26.0 Å². The molecule has 4 atom stereocenters. The lowest BCUT2D eigenvalue weighted by Gasteiger charge is -2.30. The molecule has 2 heterocycles. The molecule has 256 valence electrons. The van der Waals surface area contributed by atoms with E-state index < -0.39 is 41.9 Å². The molecule has 12 heteroatoms. The van der Waals surface area contributed by atoms with Gasteiger partial charge in [0.15, 0.2) is 0 Å². The fourth-order valence-corrected chi connectivity index (χ4v) is 5.65. The number of hydrogen-bond donors (Lipinski definition) is 4. The van der Waals surface area contributed by atoms with Gasteiger partial charge in [0.1, 0.15) is 30.5 Å². The van der Waals surface area contributed by atoms with Crippen molar-refractivity contribution in [3.63, 3.8) is 0 Å². The van der Waals surface area contributed by atoms with E-state index in [1.54, 1.807) is 29.2 Å². The molecule has 0 radical (unpaired) electrons. The quantitative estimate of drug-likeness (QED) is 0.384. The normalized spacial score (nSPS) is 25.0. The van der Waals surface area contributed by atoms with Gasteiger partial charge in [0, 0.05) is 26.1 Å². The van der Waals surface area contributed by atoms with Crippen LogP contribution in [0.1, 0.15) is 77.6 Å². The Morgan fingerprint density at radius 3 is 2.26 bits per heavy atom. The summed E-state index contributed by atoms with van der Waals surface area (Å²) in [6.07, 6.45) is 1.13. The fourth-order valence-electron chi connectivity index (χ4n) is 5.65. The van der Waals surface area contributed by atoms with E-state index in [-0.39, 0.29) is 54.6 Å². The molecule has 12 nitrogen and oxygen atoms in total. The average molecular weight is 643 g/mol. The van der Waals surface area contributed by atoms with E-state index in [0.29, 0.717) is 31.8 Å². The third-order valence-corrected chi connectivity index (χ3v) is 8.58. The Morgan fingerprint density at radius 1 is 0.870 bits per heavy atom. The van der Waals surface area contributed by atoms with Crippen molar-refractivity contribution in [1.29, 1.82) is 0 Å². The van der Waals surface area contributed by atoms with Crippen LogP contribution in [0, 0.1) is 17.8 Å². The topological polar surface area (TPSA) is 149 Å². The van der Waals surface area contributed by atoms with E-state index >= 15 is 0 Å². The number of fused-ring (bicyclic) bond motifs is 1. The first-order valence-corrected chi connectivity index (χ1v) is 16.7. The molecule has 2 aliphatic heterocycles. The van der Waals surface area contributed by atoms with Gasteiger partial charge < -0.3 is 35.8 Å². The minimum absolute atomic E-state index is 0.0262. The van der Waals surface area contributed by atoms with Crippen LogP contribution in [0.3, 0.4) is 0 Å². The number of carbonyl (C=O) groups is 5. The van der Waals surface area contributed by atoms with Crippen molar-refractivity contribution >= 4 is 29.5 Å². The highest BCUT2D eigenvalue weighted by molar-refractivity contribution is 6.00. The summed E-state index contributed by atoms with van der Waals surface area (Å²) in [6, 6.07) is 3.67. The summed E-state index contributed by atoms with van der Waals surface area (Å²) in [4.78, 5) is 71.8. The summed E-state index contributed by atoms with van der Waals surface area (Å²) in [5, 5.41) is 11.6. The van der Waals surface area contributed by atoms with Crippen LogP contribution in [0.15, 0.2) is 24.3 Å². The van der Waals surface area contributed by atoms with Crippen molar-refractivity contribution in [2.45, 2.75) is 91.4 Å². The van der Waals surface area contributed by atoms with Crippen molar-refractivity contribution in [3.8, 4) is 5.75 Å². The van der Waals surface area contributed by atoms with Gasteiger partial charge in [0.25, 0.3) is 5.91 Å². The molecule has 4 N–H and O–H groups in total. The van der Waals surface area contributed by atoms with Crippen LogP contribution in [-0.4, -0.2) is 103 Å². The maximum absolute atomic E-state index is 13.8. The standard InChI is InChI=1S/C34H54N6O6/c1-21(2)19-26-32(43)38-30(23(5)6)33(44)37-27(22(3)4)20-46-28-12-9-8-11-24(28)31(42)36-25(13-14-29(41)35-26)34(45)40-16-10-15-39(7)17-18-40/h8-9,11-12,21-23,25-27,30H,10,13-20H2,1-7H3,(H,35,41)(H,36,42)(H,37,44)(H,38,43)/t25-,26+,27-,30-/m0/s1. The molecule has 1 aromatic carbocycles. The zero-order chi connectivity index (χ0) is 34.0. The maximum atomic E-state index is 13.8. The number of benzene rings is 1. The molecule has 5 amide bonds. The lowest BCUT2D eigenvalue weighted by molar-refractivity contribution is -0.134. The summed E-state index contributed by atoms with van der Waals surface area (Å²) in [5.74, 6) is -1.82. The third kappa shape index (κ3) is 10.7. The summed E-state index contributed by atoms with van der Waals surface area (Å²) < 4.78 is 6.13. The Morgan fingerprint density at radius 2 is 1.59 bits per heavy atom. The molecule has 2 aliphatic rings. The Hall–Kier alpha value is -3.67. The molecule has 0 aliphatic carbocycles. The van der Waals surface area contributed by atoms with Gasteiger partial charge in [-0.15, -0.1) is 0 Å². The highest BCUT2D eigenvalue weighted by Crippen LogP contribution is 2.20. The van der Waals surface area contributed by atoms with Crippen molar-refractivity contribution in [2.75, 3.05) is 39.8 Å². The Kier molecular flexibility index (Phi) is 13.8. The Bertz CT molecular complexity index is 1220. The van der Waals surface area contributed by atoms with Gasteiger partial charge in [-0.1, -0.05) is 53.7 Å². The molecule has 0 bridgehead atoms. The number of carbonyl (C=O) groups excluding carboxylic acids is 5. The van der Waals surface area contributed by atoms with Gasteiger partial charge in [-0.25, -0.2) is 0 Å². The predicted octanol–water partition coefficient (Wildman–Crippen LogP) is 1.93. The van der Waals surface area contributed by atoms with Crippen LogP contribution >= 0.6 is 0 Å². The van der Waals surface area contributed by atoms with Crippen LogP contribution in [0.5, 0.6) is 5.75 Å². The van der Waals surface area contributed by atoms with Gasteiger partial charge in [0.2, 0.25) is 23.6 Å². The van der Waals surface area contributed by atoms with Gasteiger partial charge >= 0.3 is 0 Å².